The molecule has 1 rings (SSSR count). The largest absolute Gasteiger partial charge is 0.375 e. The highest BCUT2D eigenvalue weighted by molar-refractivity contribution is 4.83. The predicted molar refractivity (Wildman–Crippen MR) is 167 cm³/mol. The first kappa shape index (κ1) is 34.9. The number of nitrogens with zero attached hydrogens (tertiary/aromatic N) is 1. The maximum Gasteiger partial charge on any atom is 0.0607 e. The monoisotopic (exact) mass is 522 g/mol. The lowest BCUT2D eigenvalue weighted by Crippen LogP contribution is -2.27. The minimum Gasteiger partial charge on any atom is -0.375 e. The van der Waals surface area contributed by atoms with E-state index in [1.807, 2.05) is 0 Å². The van der Waals surface area contributed by atoms with Gasteiger partial charge < -0.3 is 9.64 Å². The second-order valence-corrected chi connectivity index (χ2v) is 12.5. The molecule has 1 saturated carbocycles. The van der Waals surface area contributed by atoms with E-state index in [1.165, 1.54) is 180 Å². The van der Waals surface area contributed by atoms with Crippen molar-refractivity contribution in [3.63, 3.8) is 0 Å². The zero-order chi connectivity index (χ0) is 26.8. The van der Waals surface area contributed by atoms with Gasteiger partial charge >= 0.3 is 0 Å². The molecule has 2 nitrogen and oxygen atoms in total. The minimum absolute atomic E-state index is 0.537. The number of hydrogen-bond acceptors (Lipinski definition) is 2. The third kappa shape index (κ3) is 21.4. The molecule has 2 unspecified atom stereocenters. The van der Waals surface area contributed by atoms with E-state index in [9.17, 15) is 0 Å². The second-order valence-electron chi connectivity index (χ2n) is 12.5. The van der Waals surface area contributed by atoms with Crippen LogP contribution in [0.3, 0.4) is 0 Å². The summed E-state index contributed by atoms with van der Waals surface area (Å²) in [5.74, 6) is 0.887. The standard InChI is InChI=1S/C35H71NO/c1-5-9-13-15-17-21-26-34(25-20-11-7-3)37-35(33-28-29-33)27-22-18-16-19-24-32-36(30-12-8-4)31-23-14-10-6-2/h33-35H,5-32H2,1-4H3. The van der Waals surface area contributed by atoms with Gasteiger partial charge in [0.05, 0.1) is 12.2 Å². The molecule has 0 heterocycles. The average Bonchev–Trinajstić information content (AvgIpc) is 3.75. The Morgan fingerprint density at radius 3 is 1.46 bits per heavy atom. The van der Waals surface area contributed by atoms with Gasteiger partial charge in [-0.1, -0.05) is 137 Å². The molecule has 1 fully saturated rings. The van der Waals surface area contributed by atoms with E-state index in [2.05, 4.69) is 32.6 Å². The summed E-state index contributed by atoms with van der Waals surface area (Å²) in [5.41, 5.74) is 0. The number of hydrogen-bond donors (Lipinski definition) is 0. The molecule has 0 radical (unpaired) electrons. The Hall–Kier alpha value is -0.0800. The first-order valence-corrected chi connectivity index (χ1v) is 17.6. The lowest BCUT2D eigenvalue weighted by Gasteiger charge is -2.25. The van der Waals surface area contributed by atoms with Crippen LogP contribution in [0.2, 0.25) is 0 Å². The van der Waals surface area contributed by atoms with Gasteiger partial charge in [-0.25, -0.2) is 0 Å². The molecule has 0 amide bonds. The Balaban J connectivity index is 2.25. The summed E-state index contributed by atoms with van der Waals surface area (Å²) in [6.07, 6.45) is 35.7. The van der Waals surface area contributed by atoms with Crippen molar-refractivity contribution in [2.24, 2.45) is 5.92 Å². The van der Waals surface area contributed by atoms with Crippen LogP contribution in [0.15, 0.2) is 0 Å². The molecule has 37 heavy (non-hydrogen) atoms. The fourth-order valence-electron chi connectivity index (χ4n) is 5.88. The van der Waals surface area contributed by atoms with Crippen LogP contribution in [0.5, 0.6) is 0 Å². The Morgan fingerprint density at radius 1 is 0.486 bits per heavy atom. The molecule has 0 aliphatic heterocycles. The molecular weight excluding hydrogens is 450 g/mol. The summed E-state index contributed by atoms with van der Waals surface area (Å²) in [6.45, 7) is 13.3. The summed E-state index contributed by atoms with van der Waals surface area (Å²) < 4.78 is 6.89. The maximum absolute atomic E-state index is 6.89. The molecule has 0 aromatic rings. The zero-order valence-electron chi connectivity index (χ0n) is 26.4. The zero-order valence-corrected chi connectivity index (χ0v) is 26.4. The van der Waals surface area contributed by atoms with Gasteiger partial charge in [0.1, 0.15) is 0 Å². The lowest BCUT2D eigenvalue weighted by atomic mass is 10.0. The molecule has 222 valence electrons. The van der Waals surface area contributed by atoms with E-state index in [0.29, 0.717) is 12.2 Å². The molecular formula is C35H71NO. The van der Waals surface area contributed by atoms with Gasteiger partial charge in [-0.15, -0.1) is 0 Å². The van der Waals surface area contributed by atoms with Crippen LogP contribution in [0.4, 0.5) is 0 Å². The van der Waals surface area contributed by atoms with Crippen molar-refractivity contribution in [3.8, 4) is 0 Å². The summed E-state index contributed by atoms with van der Waals surface area (Å²) in [6, 6.07) is 0. The quantitative estimate of drug-likeness (QED) is 0.0871. The molecule has 0 bridgehead atoms. The van der Waals surface area contributed by atoms with Gasteiger partial charge in [0, 0.05) is 0 Å². The Labute approximate surface area is 235 Å². The number of rotatable bonds is 30. The van der Waals surface area contributed by atoms with Crippen molar-refractivity contribution in [2.45, 2.75) is 200 Å². The second kappa shape index (κ2) is 26.2. The van der Waals surface area contributed by atoms with Crippen LogP contribution in [-0.2, 0) is 4.74 Å². The molecule has 0 N–H and O–H groups in total. The SMILES string of the molecule is CCCCCCCCC(CCCCC)OC(CCCCCCCN(CCCC)CCCCCC)C1CC1. The van der Waals surface area contributed by atoms with Crippen LogP contribution < -0.4 is 0 Å². The molecule has 0 aromatic heterocycles. The first-order valence-electron chi connectivity index (χ1n) is 17.6. The van der Waals surface area contributed by atoms with Gasteiger partial charge in [0.2, 0.25) is 0 Å². The Bertz CT molecular complexity index is 449. The maximum atomic E-state index is 6.89. The highest BCUT2D eigenvalue weighted by Gasteiger charge is 2.33. The van der Waals surface area contributed by atoms with Crippen LogP contribution in [0, 0.1) is 5.92 Å². The molecule has 0 spiro atoms. The highest BCUT2D eigenvalue weighted by Crippen LogP contribution is 2.38. The molecule has 2 atom stereocenters. The highest BCUT2D eigenvalue weighted by atomic mass is 16.5. The van der Waals surface area contributed by atoms with E-state index >= 15 is 0 Å². The Kier molecular flexibility index (Phi) is 24.7. The molecule has 0 aromatic carbocycles. The van der Waals surface area contributed by atoms with E-state index in [-0.39, 0.29) is 0 Å². The minimum atomic E-state index is 0.537. The van der Waals surface area contributed by atoms with Gasteiger partial charge in [-0.3, -0.25) is 0 Å². The van der Waals surface area contributed by atoms with Crippen molar-refractivity contribution in [2.75, 3.05) is 19.6 Å². The van der Waals surface area contributed by atoms with Crippen molar-refractivity contribution in [3.05, 3.63) is 0 Å². The number of ether oxygens (including phenoxy) is 1. The van der Waals surface area contributed by atoms with E-state index in [0.717, 1.165) is 5.92 Å². The van der Waals surface area contributed by atoms with Crippen molar-refractivity contribution in [1.82, 2.24) is 4.90 Å². The fraction of sp³-hybridized carbons (Fsp3) is 1.00. The summed E-state index contributed by atoms with van der Waals surface area (Å²) in [5, 5.41) is 0. The molecule has 2 heteroatoms. The normalized spacial score (nSPS) is 15.5. The smallest absolute Gasteiger partial charge is 0.0607 e. The van der Waals surface area contributed by atoms with E-state index < -0.39 is 0 Å². The van der Waals surface area contributed by atoms with Crippen LogP contribution in [-0.4, -0.2) is 36.7 Å². The summed E-state index contributed by atoms with van der Waals surface area (Å²) in [4.78, 5) is 2.76. The first-order chi connectivity index (χ1) is 18.2. The summed E-state index contributed by atoms with van der Waals surface area (Å²) in [7, 11) is 0. The van der Waals surface area contributed by atoms with Crippen molar-refractivity contribution < 1.29 is 4.74 Å². The van der Waals surface area contributed by atoms with Crippen molar-refractivity contribution in [1.29, 1.82) is 0 Å². The van der Waals surface area contributed by atoms with Crippen molar-refractivity contribution >= 4 is 0 Å². The summed E-state index contributed by atoms with van der Waals surface area (Å²) >= 11 is 0. The van der Waals surface area contributed by atoms with Gasteiger partial charge in [-0.05, 0) is 76.9 Å². The van der Waals surface area contributed by atoms with Gasteiger partial charge in [0.15, 0.2) is 0 Å². The lowest BCUT2D eigenvalue weighted by molar-refractivity contribution is -0.0384. The topological polar surface area (TPSA) is 12.5 Å². The molecule has 0 saturated heterocycles. The van der Waals surface area contributed by atoms with Gasteiger partial charge in [0.25, 0.3) is 0 Å². The molecule has 1 aliphatic rings. The van der Waals surface area contributed by atoms with Crippen LogP contribution in [0.1, 0.15) is 188 Å². The van der Waals surface area contributed by atoms with Crippen LogP contribution >= 0.6 is 0 Å². The molecule has 1 aliphatic carbocycles. The Morgan fingerprint density at radius 2 is 0.892 bits per heavy atom. The average molecular weight is 522 g/mol. The van der Waals surface area contributed by atoms with E-state index in [4.69, 9.17) is 4.74 Å². The van der Waals surface area contributed by atoms with Gasteiger partial charge in [-0.2, -0.15) is 0 Å². The van der Waals surface area contributed by atoms with Crippen LogP contribution in [0.25, 0.3) is 0 Å². The third-order valence-electron chi connectivity index (χ3n) is 8.64. The predicted octanol–water partition coefficient (Wildman–Crippen LogP) is 11.5. The third-order valence-corrected chi connectivity index (χ3v) is 8.64. The number of unbranched alkanes of at least 4 members (excludes halogenated alkanes) is 15. The fourth-order valence-corrected chi connectivity index (χ4v) is 5.88. The van der Waals surface area contributed by atoms with E-state index in [1.54, 1.807) is 0 Å².